The Morgan fingerprint density at radius 3 is 2.83 bits per heavy atom. The Bertz CT molecular complexity index is 1340. The van der Waals surface area contributed by atoms with Gasteiger partial charge in [0, 0.05) is 23.7 Å². The highest BCUT2D eigenvalue weighted by Crippen LogP contribution is 2.29. The van der Waals surface area contributed by atoms with Crippen LogP contribution in [0.4, 0.5) is 5.69 Å². The van der Waals surface area contributed by atoms with Crippen LogP contribution in [0.15, 0.2) is 67.3 Å². The number of nitrogens with zero attached hydrogens (tertiary/aromatic N) is 4. The first-order valence-corrected chi connectivity index (χ1v) is 9.79. The summed E-state index contributed by atoms with van der Waals surface area (Å²) in [5, 5.41) is 10.9. The molecule has 0 radical (unpaired) electrons. The van der Waals surface area contributed by atoms with Crippen LogP contribution in [0.25, 0.3) is 44.7 Å². The Morgan fingerprint density at radius 2 is 2.00 bits per heavy atom. The lowest BCUT2D eigenvalue weighted by Gasteiger charge is -2.13. The van der Waals surface area contributed by atoms with E-state index >= 15 is 0 Å². The Kier molecular flexibility index (Phi) is 4.28. The average molecular weight is 395 g/mol. The molecule has 0 bridgehead atoms. The zero-order chi connectivity index (χ0) is 20.7. The second kappa shape index (κ2) is 7.11. The molecular weight excluding hydrogens is 374 g/mol. The van der Waals surface area contributed by atoms with Gasteiger partial charge in [0.15, 0.2) is 0 Å². The smallest absolute Gasteiger partial charge is 0.135 e. The average Bonchev–Trinajstić information content (AvgIpc) is 3.37. The van der Waals surface area contributed by atoms with Gasteiger partial charge in [0.1, 0.15) is 11.2 Å². The van der Waals surface area contributed by atoms with Crippen molar-refractivity contribution in [3.8, 4) is 22.6 Å². The van der Waals surface area contributed by atoms with E-state index in [9.17, 15) is 0 Å². The lowest BCUT2D eigenvalue weighted by atomic mass is 10.1. The van der Waals surface area contributed by atoms with Crippen LogP contribution >= 0.6 is 0 Å². The molecule has 0 saturated heterocycles. The van der Waals surface area contributed by atoms with E-state index in [1.165, 1.54) is 0 Å². The van der Waals surface area contributed by atoms with Gasteiger partial charge in [-0.25, -0.2) is 4.98 Å². The maximum absolute atomic E-state index is 4.88. The van der Waals surface area contributed by atoms with Crippen molar-refractivity contribution in [3.05, 3.63) is 67.3 Å². The number of anilines is 1. The van der Waals surface area contributed by atoms with Crippen LogP contribution in [0.1, 0.15) is 13.8 Å². The lowest BCUT2D eigenvalue weighted by molar-refractivity contribution is 0.778. The Labute approximate surface area is 173 Å². The predicted molar refractivity (Wildman–Crippen MR) is 120 cm³/mol. The first kappa shape index (κ1) is 18.1. The summed E-state index contributed by atoms with van der Waals surface area (Å²) < 4.78 is 0. The summed E-state index contributed by atoms with van der Waals surface area (Å²) >= 11 is 0. The topological polar surface area (TPSA) is 95.2 Å². The number of aromatic nitrogens is 6. The third-order valence-electron chi connectivity index (χ3n) is 5.09. The minimum absolute atomic E-state index is 0.336. The summed E-state index contributed by atoms with van der Waals surface area (Å²) in [7, 11) is 0. The van der Waals surface area contributed by atoms with E-state index in [1.54, 1.807) is 12.4 Å². The summed E-state index contributed by atoms with van der Waals surface area (Å²) in [4.78, 5) is 17.0. The zero-order valence-corrected chi connectivity index (χ0v) is 16.8. The van der Waals surface area contributed by atoms with Gasteiger partial charge in [-0.05, 0) is 42.3 Å². The molecule has 0 atom stereocenters. The van der Waals surface area contributed by atoms with Crippen molar-refractivity contribution in [2.45, 2.75) is 13.8 Å². The van der Waals surface area contributed by atoms with Crippen LogP contribution in [0.3, 0.4) is 0 Å². The van der Waals surface area contributed by atoms with E-state index in [2.05, 4.69) is 50.9 Å². The first-order chi connectivity index (χ1) is 14.6. The minimum atomic E-state index is 0.336. The molecule has 0 saturated carbocycles. The van der Waals surface area contributed by atoms with E-state index in [0.717, 1.165) is 56.1 Å². The van der Waals surface area contributed by atoms with Gasteiger partial charge >= 0.3 is 0 Å². The molecule has 0 fully saturated rings. The number of H-pyrrole nitrogens is 2. The Morgan fingerprint density at radius 1 is 1.10 bits per heavy atom. The van der Waals surface area contributed by atoms with Crippen LogP contribution in [-0.4, -0.2) is 30.1 Å². The molecule has 30 heavy (non-hydrogen) atoms. The quantitative estimate of drug-likeness (QED) is 0.383. The molecule has 7 heteroatoms. The second-order valence-corrected chi connectivity index (χ2v) is 7.55. The molecular formula is C23H21N7. The fraction of sp³-hybridized carbons (Fsp3) is 0.130. The van der Waals surface area contributed by atoms with Gasteiger partial charge in [0.2, 0.25) is 0 Å². The number of nitrogens with one attached hydrogen (secondary N) is 3. The van der Waals surface area contributed by atoms with Crippen molar-refractivity contribution in [1.82, 2.24) is 30.1 Å². The van der Waals surface area contributed by atoms with Crippen molar-refractivity contribution in [3.63, 3.8) is 0 Å². The molecule has 0 unspecified atom stereocenters. The third kappa shape index (κ3) is 3.20. The van der Waals surface area contributed by atoms with Gasteiger partial charge in [-0.2, -0.15) is 5.10 Å². The molecule has 148 valence electrons. The Hall–Kier alpha value is -4.00. The molecule has 0 aliphatic heterocycles. The van der Waals surface area contributed by atoms with E-state index in [-0.39, 0.29) is 0 Å². The molecule has 0 aliphatic carbocycles. The number of pyridine rings is 3. The van der Waals surface area contributed by atoms with Crippen molar-refractivity contribution in [2.75, 3.05) is 5.32 Å². The van der Waals surface area contributed by atoms with Gasteiger partial charge in [-0.3, -0.25) is 15.1 Å². The molecule has 0 spiro atoms. The summed E-state index contributed by atoms with van der Waals surface area (Å²) in [6, 6.07) is 11.9. The number of aromatic amines is 2. The SMILES string of the molecule is C=C(Nc1cncc(-c2ccc3[nH]nc(-c4cc5ncccc5[nH]4)c3n2)c1)C(C)C. The van der Waals surface area contributed by atoms with E-state index in [4.69, 9.17) is 4.98 Å². The highest BCUT2D eigenvalue weighted by molar-refractivity contribution is 5.93. The minimum Gasteiger partial charge on any atom is -0.358 e. The van der Waals surface area contributed by atoms with Gasteiger partial charge in [0.05, 0.1) is 39.8 Å². The van der Waals surface area contributed by atoms with Crippen LogP contribution in [-0.2, 0) is 0 Å². The summed E-state index contributed by atoms with van der Waals surface area (Å²) in [6.45, 7) is 8.27. The van der Waals surface area contributed by atoms with Crippen molar-refractivity contribution in [2.24, 2.45) is 5.92 Å². The summed E-state index contributed by atoms with van der Waals surface area (Å²) in [5.41, 5.74) is 8.75. The van der Waals surface area contributed by atoms with Crippen molar-refractivity contribution < 1.29 is 0 Å². The molecule has 0 aliphatic rings. The van der Waals surface area contributed by atoms with Crippen molar-refractivity contribution >= 4 is 27.8 Å². The van der Waals surface area contributed by atoms with Crippen molar-refractivity contribution in [1.29, 1.82) is 0 Å². The number of hydrogen-bond donors (Lipinski definition) is 3. The number of hydrogen-bond acceptors (Lipinski definition) is 5. The van der Waals surface area contributed by atoms with Crippen LogP contribution in [0.5, 0.6) is 0 Å². The highest BCUT2D eigenvalue weighted by atomic mass is 15.1. The van der Waals surface area contributed by atoms with Gasteiger partial charge in [0.25, 0.3) is 0 Å². The predicted octanol–water partition coefficient (Wildman–Crippen LogP) is 5.14. The normalized spacial score (nSPS) is 11.4. The third-order valence-corrected chi connectivity index (χ3v) is 5.09. The molecule has 7 nitrogen and oxygen atoms in total. The maximum atomic E-state index is 4.88. The van der Waals surface area contributed by atoms with E-state index in [0.29, 0.717) is 5.92 Å². The molecule has 5 heterocycles. The Balaban J connectivity index is 1.55. The standard InChI is InChI=1S/C23H21N7/c1-13(2)14(3)26-16-9-15(11-24-12-16)17-6-7-19-22(28-17)23(30-29-19)21-10-20-18(27-21)5-4-8-25-20/h4-13,26-27H,3H2,1-2H3,(H,29,30). The number of allylic oxidation sites excluding steroid dienone is 1. The van der Waals surface area contributed by atoms with Crippen LogP contribution in [0.2, 0.25) is 0 Å². The van der Waals surface area contributed by atoms with E-state index < -0.39 is 0 Å². The van der Waals surface area contributed by atoms with Gasteiger partial charge < -0.3 is 10.3 Å². The molecule has 5 rings (SSSR count). The van der Waals surface area contributed by atoms with Crippen LogP contribution in [0, 0.1) is 5.92 Å². The molecule has 0 aromatic carbocycles. The second-order valence-electron chi connectivity index (χ2n) is 7.55. The highest BCUT2D eigenvalue weighted by Gasteiger charge is 2.14. The molecule has 0 amide bonds. The zero-order valence-electron chi connectivity index (χ0n) is 16.8. The summed E-state index contributed by atoms with van der Waals surface area (Å²) in [5.74, 6) is 0.336. The monoisotopic (exact) mass is 395 g/mol. The van der Waals surface area contributed by atoms with E-state index in [1.807, 2.05) is 42.6 Å². The van der Waals surface area contributed by atoms with Gasteiger partial charge in [-0.15, -0.1) is 0 Å². The number of rotatable bonds is 5. The fourth-order valence-electron chi connectivity index (χ4n) is 3.31. The fourth-order valence-corrected chi connectivity index (χ4v) is 3.31. The largest absolute Gasteiger partial charge is 0.358 e. The first-order valence-electron chi connectivity index (χ1n) is 9.79. The molecule has 5 aromatic heterocycles. The number of fused-ring (bicyclic) bond motifs is 2. The lowest BCUT2D eigenvalue weighted by Crippen LogP contribution is -2.04. The molecule has 5 aromatic rings. The maximum Gasteiger partial charge on any atom is 0.135 e. The van der Waals surface area contributed by atoms with Crippen LogP contribution < -0.4 is 5.32 Å². The van der Waals surface area contributed by atoms with Gasteiger partial charge in [-0.1, -0.05) is 20.4 Å². The summed E-state index contributed by atoms with van der Waals surface area (Å²) in [6.07, 6.45) is 5.38. The molecule has 3 N–H and O–H groups in total.